The minimum atomic E-state index is -0.781. The maximum atomic E-state index is 11.1. The number of fused-ring (bicyclic) bond motifs is 1. The van der Waals surface area contributed by atoms with E-state index in [0.29, 0.717) is 16.9 Å². The molecule has 1 aromatic heterocycles. The summed E-state index contributed by atoms with van der Waals surface area (Å²) < 4.78 is 5.48. The third kappa shape index (κ3) is 3.27. The van der Waals surface area contributed by atoms with E-state index in [4.69, 9.17) is 27.2 Å². The molecule has 11 nitrogen and oxygen atoms in total. The molecule has 1 aliphatic rings. The molecule has 8 N–H and O–H groups in total. The van der Waals surface area contributed by atoms with Gasteiger partial charge in [-0.05, 0) is 6.07 Å². The Bertz CT molecular complexity index is 1070. The number of benzene rings is 1. The fourth-order valence-electron chi connectivity index (χ4n) is 2.79. The van der Waals surface area contributed by atoms with Gasteiger partial charge in [0.1, 0.15) is 35.1 Å². The molecule has 140 valence electrons. The normalized spacial score (nSPS) is 14.5. The van der Waals surface area contributed by atoms with Crippen molar-refractivity contribution in [3.63, 3.8) is 0 Å². The van der Waals surface area contributed by atoms with Gasteiger partial charge in [0.2, 0.25) is 5.96 Å². The SMILES string of the molecule is N#CNC1=NC(c2ccccc2OCC(N)=O)c2c(nc(N)c(C#N)c2N)N1. The number of amides is 1. The zero-order chi connectivity index (χ0) is 20.3. The van der Waals surface area contributed by atoms with E-state index in [1.165, 1.54) is 0 Å². The molecule has 1 aromatic carbocycles. The molecule has 3 rings (SSSR count). The van der Waals surface area contributed by atoms with Gasteiger partial charge in [-0.3, -0.25) is 10.1 Å². The second kappa shape index (κ2) is 7.39. The number of nitriles is 2. The minimum absolute atomic E-state index is 0.0213. The number of hydrogen-bond acceptors (Lipinski definition) is 10. The number of nitrogens with two attached hydrogens (primary N) is 3. The van der Waals surface area contributed by atoms with Gasteiger partial charge in [-0.1, -0.05) is 18.2 Å². The largest absolute Gasteiger partial charge is 0.483 e. The van der Waals surface area contributed by atoms with Crippen LogP contribution in [0.3, 0.4) is 0 Å². The number of anilines is 3. The maximum absolute atomic E-state index is 11.1. The maximum Gasteiger partial charge on any atom is 0.255 e. The number of carbonyl (C=O) groups excluding carboxylic acids is 1. The molecule has 1 aliphatic heterocycles. The van der Waals surface area contributed by atoms with Crippen molar-refractivity contribution >= 4 is 29.2 Å². The quantitative estimate of drug-likeness (QED) is 0.357. The first kappa shape index (κ1) is 18.3. The standard InChI is InChI=1S/C17H15N9O2/c18-5-9-13(21)12-14(8-3-1-2-4-10(8)28-6-11(20)27)24-17(23-7-19)26-16(12)25-15(9)22/h1-4,14H,6H2,(H2,20,27)(H6,21,22,23,24,25,26). The zero-order valence-corrected chi connectivity index (χ0v) is 14.4. The third-order valence-corrected chi connectivity index (χ3v) is 3.94. The average molecular weight is 377 g/mol. The summed E-state index contributed by atoms with van der Waals surface area (Å²) >= 11 is 0. The number of pyridine rings is 1. The summed E-state index contributed by atoms with van der Waals surface area (Å²) in [4.78, 5) is 19.7. The van der Waals surface area contributed by atoms with Crippen LogP contribution in [0.4, 0.5) is 17.3 Å². The number of ether oxygens (including phenoxy) is 1. The number of hydrogen-bond donors (Lipinski definition) is 5. The Morgan fingerprint density at radius 2 is 2.07 bits per heavy atom. The predicted molar refractivity (Wildman–Crippen MR) is 101 cm³/mol. The first-order valence-corrected chi connectivity index (χ1v) is 7.95. The van der Waals surface area contributed by atoms with Crippen molar-refractivity contribution in [2.24, 2.45) is 10.7 Å². The molecule has 28 heavy (non-hydrogen) atoms. The lowest BCUT2D eigenvalue weighted by atomic mass is 9.94. The van der Waals surface area contributed by atoms with Gasteiger partial charge < -0.3 is 27.3 Å². The van der Waals surface area contributed by atoms with Crippen LogP contribution < -0.4 is 32.6 Å². The molecular weight excluding hydrogens is 362 g/mol. The second-order valence-electron chi connectivity index (χ2n) is 5.69. The number of nitrogen functional groups attached to an aromatic ring is 2. The van der Waals surface area contributed by atoms with Crippen LogP contribution in [0.1, 0.15) is 22.7 Å². The molecule has 0 radical (unpaired) electrons. The topological polar surface area (TPSA) is 201 Å². The summed E-state index contributed by atoms with van der Waals surface area (Å²) in [5.41, 5.74) is 18.2. The van der Waals surface area contributed by atoms with E-state index in [2.05, 4.69) is 20.6 Å². The van der Waals surface area contributed by atoms with E-state index in [1.54, 1.807) is 30.5 Å². The lowest BCUT2D eigenvalue weighted by Gasteiger charge is -2.27. The number of nitrogens with zero attached hydrogens (tertiary/aromatic N) is 4. The van der Waals surface area contributed by atoms with Gasteiger partial charge in [0.05, 0.1) is 5.69 Å². The highest BCUT2D eigenvalue weighted by molar-refractivity contribution is 5.98. The fraction of sp³-hybridized carbons (Fsp3) is 0.118. The Morgan fingerprint density at radius 3 is 2.75 bits per heavy atom. The molecule has 2 heterocycles. The molecule has 0 spiro atoms. The fourth-order valence-corrected chi connectivity index (χ4v) is 2.79. The van der Waals surface area contributed by atoms with Gasteiger partial charge in [-0.25, -0.2) is 9.98 Å². The van der Waals surface area contributed by atoms with Crippen LogP contribution in [-0.4, -0.2) is 23.5 Å². The van der Waals surface area contributed by atoms with Crippen molar-refractivity contribution in [2.45, 2.75) is 6.04 Å². The van der Waals surface area contributed by atoms with E-state index in [0.717, 1.165) is 0 Å². The highest BCUT2D eigenvalue weighted by atomic mass is 16.5. The highest BCUT2D eigenvalue weighted by Crippen LogP contribution is 2.42. The minimum Gasteiger partial charge on any atom is -0.483 e. The monoisotopic (exact) mass is 377 g/mol. The average Bonchev–Trinajstić information content (AvgIpc) is 2.66. The Labute approximate surface area is 159 Å². The lowest BCUT2D eigenvalue weighted by molar-refractivity contribution is -0.119. The van der Waals surface area contributed by atoms with Gasteiger partial charge in [0.25, 0.3) is 5.91 Å². The van der Waals surface area contributed by atoms with Gasteiger partial charge in [-0.2, -0.15) is 10.5 Å². The number of guanidine groups is 1. The number of aliphatic imine (C=N–C) groups is 1. The highest BCUT2D eigenvalue weighted by Gasteiger charge is 2.31. The van der Waals surface area contributed by atoms with Crippen LogP contribution >= 0.6 is 0 Å². The Balaban J connectivity index is 2.20. The molecular formula is C17H15N9O2. The van der Waals surface area contributed by atoms with E-state index >= 15 is 0 Å². The van der Waals surface area contributed by atoms with E-state index < -0.39 is 11.9 Å². The molecule has 2 aromatic rings. The van der Waals surface area contributed by atoms with Gasteiger partial charge >= 0.3 is 0 Å². The number of primary amides is 1. The summed E-state index contributed by atoms with van der Waals surface area (Å²) in [6.45, 7) is -0.333. The summed E-state index contributed by atoms with van der Waals surface area (Å²) in [6, 6.07) is 7.95. The third-order valence-electron chi connectivity index (χ3n) is 3.94. The first-order valence-electron chi connectivity index (χ1n) is 7.95. The zero-order valence-electron chi connectivity index (χ0n) is 14.4. The van der Waals surface area contributed by atoms with Crippen molar-refractivity contribution in [3.8, 4) is 18.0 Å². The Morgan fingerprint density at radius 1 is 1.32 bits per heavy atom. The number of rotatable bonds is 4. The van der Waals surface area contributed by atoms with Gasteiger partial charge in [-0.15, -0.1) is 0 Å². The van der Waals surface area contributed by atoms with Crippen molar-refractivity contribution < 1.29 is 9.53 Å². The molecule has 0 bridgehead atoms. The predicted octanol–water partition coefficient (Wildman–Crippen LogP) is -0.0766. The molecule has 1 atom stereocenters. The molecule has 1 amide bonds. The summed E-state index contributed by atoms with van der Waals surface area (Å²) in [6.07, 6.45) is 1.77. The summed E-state index contributed by atoms with van der Waals surface area (Å²) in [5, 5.41) is 23.5. The van der Waals surface area contributed by atoms with E-state index in [9.17, 15) is 10.1 Å². The molecule has 0 aliphatic carbocycles. The molecule has 11 heteroatoms. The van der Waals surface area contributed by atoms with Crippen molar-refractivity contribution in [1.29, 1.82) is 10.5 Å². The van der Waals surface area contributed by atoms with Crippen LogP contribution in [0.5, 0.6) is 5.75 Å². The Hall–Kier alpha value is -4.51. The van der Waals surface area contributed by atoms with Gasteiger partial charge in [0, 0.05) is 11.1 Å². The molecule has 1 unspecified atom stereocenters. The first-order chi connectivity index (χ1) is 13.5. The summed E-state index contributed by atoms with van der Waals surface area (Å²) in [7, 11) is 0. The number of aromatic nitrogens is 1. The molecule has 0 saturated heterocycles. The van der Waals surface area contributed by atoms with Crippen LogP contribution in [0.15, 0.2) is 29.3 Å². The number of carbonyl (C=O) groups is 1. The second-order valence-corrected chi connectivity index (χ2v) is 5.69. The summed E-state index contributed by atoms with van der Waals surface area (Å²) in [5.74, 6) is 0.00384. The van der Waals surface area contributed by atoms with Crippen molar-refractivity contribution in [3.05, 3.63) is 41.0 Å². The smallest absolute Gasteiger partial charge is 0.255 e. The van der Waals surface area contributed by atoms with Gasteiger partial charge in [0.15, 0.2) is 12.8 Å². The van der Waals surface area contributed by atoms with Crippen LogP contribution in [0.2, 0.25) is 0 Å². The van der Waals surface area contributed by atoms with Crippen molar-refractivity contribution in [1.82, 2.24) is 10.3 Å². The van der Waals surface area contributed by atoms with E-state index in [-0.39, 0.29) is 35.5 Å². The molecule has 0 saturated carbocycles. The number of nitrogens with one attached hydrogen (secondary N) is 2. The van der Waals surface area contributed by atoms with Crippen LogP contribution in [0.25, 0.3) is 0 Å². The Kier molecular flexibility index (Phi) is 4.83. The van der Waals surface area contributed by atoms with Crippen LogP contribution in [-0.2, 0) is 4.79 Å². The number of para-hydroxylation sites is 1. The van der Waals surface area contributed by atoms with Crippen molar-refractivity contribution in [2.75, 3.05) is 23.4 Å². The van der Waals surface area contributed by atoms with Crippen LogP contribution in [0, 0.1) is 22.8 Å². The lowest BCUT2D eigenvalue weighted by Crippen LogP contribution is -2.33. The molecule has 0 fully saturated rings. The van der Waals surface area contributed by atoms with E-state index in [1.807, 2.05) is 6.07 Å².